The third kappa shape index (κ3) is 2.26. The maximum Gasteiger partial charge on any atom is 0.227 e. The van der Waals surface area contributed by atoms with Gasteiger partial charge in [-0.1, -0.05) is 0 Å². The highest BCUT2D eigenvalue weighted by Crippen LogP contribution is 2.14. The van der Waals surface area contributed by atoms with Gasteiger partial charge in [0.1, 0.15) is 6.61 Å². The minimum Gasteiger partial charge on any atom is -0.480 e. The van der Waals surface area contributed by atoms with Crippen molar-refractivity contribution in [2.75, 3.05) is 14.2 Å². The van der Waals surface area contributed by atoms with Gasteiger partial charge in [-0.2, -0.15) is 4.98 Å². The fourth-order valence-corrected chi connectivity index (χ4v) is 0.996. The first-order valence-electron chi connectivity index (χ1n) is 4.08. The van der Waals surface area contributed by atoms with Gasteiger partial charge in [-0.15, -0.1) is 0 Å². The Morgan fingerprint density at radius 2 is 2.21 bits per heavy atom. The van der Waals surface area contributed by atoms with Gasteiger partial charge in [-0.3, -0.25) is 4.79 Å². The second-order valence-corrected chi connectivity index (χ2v) is 2.70. The molecular formula is C9H12N2O3. The molecule has 1 aromatic rings. The first kappa shape index (κ1) is 10.6. The van der Waals surface area contributed by atoms with E-state index in [0.717, 1.165) is 0 Å². The van der Waals surface area contributed by atoms with Gasteiger partial charge in [-0.25, -0.2) is 4.98 Å². The summed E-state index contributed by atoms with van der Waals surface area (Å²) >= 11 is 0. The summed E-state index contributed by atoms with van der Waals surface area (Å²) in [6.45, 7) is 1.74. The molecule has 14 heavy (non-hydrogen) atoms. The summed E-state index contributed by atoms with van der Waals surface area (Å²) in [5.41, 5.74) is 0.382. The largest absolute Gasteiger partial charge is 0.480 e. The summed E-state index contributed by atoms with van der Waals surface area (Å²) in [6, 6.07) is 0. The molecule has 0 unspecified atom stereocenters. The van der Waals surface area contributed by atoms with Crippen LogP contribution in [-0.2, 0) is 11.3 Å². The second-order valence-electron chi connectivity index (χ2n) is 2.70. The molecule has 0 amide bonds. The van der Waals surface area contributed by atoms with Crippen molar-refractivity contribution in [1.82, 2.24) is 9.97 Å². The Kier molecular flexibility index (Phi) is 3.53. The standard InChI is InChI=1S/C9H12N2O3/c1-6(12)7-4-10-8(5-13-2)11-9(7)14-3/h4H,5H2,1-3H3. The number of aromatic nitrogens is 2. The van der Waals surface area contributed by atoms with Crippen LogP contribution in [0.5, 0.6) is 5.88 Å². The number of carbonyl (C=O) groups excluding carboxylic acids is 1. The summed E-state index contributed by atoms with van der Waals surface area (Å²) in [7, 11) is 3.01. The number of ketones is 1. The normalized spacial score (nSPS) is 9.93. The summed E-state index contributed by atoms with van der Waals surface area (Å²) in [6.07, 6.45) is 1.45. The van der Waals surface area contributed by atoms with E-state index in [0.29, 0.717) is 23.9 Å². The Hall–Kier alpha value is -1.49. The molecule has 0 saturated heterocycles. The van der Waals surface area contributed by atoms with Crippen molar-refractivity contribution in [3.05, 3.63) is 17.6 Å². The van der Waals surface area contributed by atoms with Gasteiger partial charge in [0.15, 0.2) is 11.6 Å². The molecule has 0 atom stereocenters. The Balaban J connectivity index is 3.05. The molecule has 1 aromatic heterocycles. The molecule has 5 heteroatoms. The monoisotopic (exact) mass is 196 g/mol. The average Bonchev–Trinajstić information content (AvgIpc) is 2.17. The van der Waals surface area contributed by atoms with Crippen LogP contribution in [0.3, 0.4) is 0 Å². The lowest BCUT2D eigenvalue weighted by Crippen LogP contribution is -2.05. The van der Waals surface area contributed by atoms with Gasteiger partial charge in [0.25, 0.3) is 0 Å². The molecule has 1 rings (SSSR count). The summed E-state index contributed by atoms with van der Waals surface area (Å²) in [5, 5.41) is 0. The number of carbonyl (C=O) groups is 1. The van der Waals surface area contributed by atoms with E-state index in [1.807, 2.05) is 0 Å². The van der Waals surface area contributed by atoms with Crippen molar-refractivity contribution in [3.8, 4) is 5.88 Å². The van der Waals surface area contributed by atoms with E-state index < -0.39 is 0 Å². The molecule has 0 saturated carbocycles. The lowest BCUT2D eigenvalue weighted by Gasteiger charge is -2.05. The van der Waals surface area contributed by atoms with E-state index in [1.54, 1.807) is 7.11 Å². The second kappa shape index (κ2) is 4.66. The highest BCUT2D eigenvalue weighted by molar-refractivity contribution is 5.95. The first-order valence-corrected chi connectivity index (χ1v) is 4.08. The molecule has 0 aliphatic rings. The van der Waals surface area contributed by atoms with Gasteiger partial charge in [0, 0.05) is 13.3 Å². The number of hydrogen-bond acceptors (Lipinski definition) is 5. The third-order valence-electron chi connectivity index (χ3n) is 1.65. The Bertz CT molecular complexity index is 339. The third-order valence-corrected chi connectivity index (χ3v) is 1.65. The van der Waals surface area contributed by atoms with Crippen molar-refractivity contribution in [3.63, 3.8) is 0 Å². The summed E-state index contributed by atoms with van der Waals surface area (Å²) in [4.78, 5) is 19.1. The lowest BCUT2D eigenvalue weighted by atomic mass is 10.2. The van der Waals surface area contributed by atoms with Crippen LogP contribution in [0, 0.1) is 0 Å². The Morgan fingerprint density at radius 1 is 1.50 bits per heavy atom. The van der Waals surface area contributed by atoms with E-state index >= 15 is 0 Å². The highest BCUT2D eigenvalue weighted by Gasteiger charge is 2.11. The summed E-state index contributed by atoms with van der Waals surface area (Å²) < 4.78 is 9.83. The van der Waals surface area contributed by atoms with Crippen molar-refractivity contribution in [2.24, 2.45) is 0 Å². The van der Waals surface area contributed by atoms with Crippen LogP contribution >= 0.6 is 0 Å². The van der Waals surface area contributed by atoms with Gasteiger partial charge in [-0.05, 0) is 6.92 Å². The zero-order valence-electron chi connectivity index (χ0n) is 8.40. The molecule has 76 valence electrons. The fraction of sp³-hybridized carbons (Fsp3) is 0.444. The number of ether oxygens (including phenoxy) is 2. The number of hydrogen-bond donors (Lipinski definition) is 0. The van der Waals surface area contributed by atoms with E-state index in [-0.39, 0.29) is 5.78 Å². The molecule has 0 N–H and O–H groups in total. The van der Waals surface area contributed by atoms with Gasteiger partial charge >= 0.3 is 0 Å². The molecule has 0 bridgehead atoms. The van der Waals surface area contributed by atoms with Gasteiger partial charge < -0.3 is 9.47 Å². The minimum absolute atomic E-state index is 0.120. The number of nitrogens with zero attached hydrogens (tertiary/aromatic N) is 2. The van der Waals surface area contributed by atoms with Crippen LogP contribution in [0.25, 0.3) is 0 Å². The topological polar surface area (TPSA) is 61.3 Å². The Morgan fingerprint density at radius 3 is 2.71 bits per heavy atom. The van der Waals surface area contributed by atoms with Crippen LogP contribution in [0.2, 0.25) is 0 Å². The molecule has 0 fully saturated rings. The minimum atomic E-state index is -0.120. The average molecular weight is 196 g/mol. The van der Waals surface area contributed by atoms with E-state index in [4.69, 9.17) is 9.47 Å². The van der Waals surface area contributed by atoms with E-state index in [2.05, 4.69) is 9.97 Å². The molecule has 0 aliphatic heterocycles. The van der Waals surface area contributed by atoms with E-state index in [1.165, 1.54) is 20.2 Å². The van der Waals surface area contributed by atoms with Crippen LogP contribution in [0.1, 0.15) is 23.1 Å². The highest BCUT2D eigenvalue weighted by atomic mass is 16.5. The van der Waals surface area contributed by atoms with Crippen molar-refractivity contribution < 1.29 is 14.3 Å². The van der Waals surface area contributed by atoms with Gasteiger partial charge in [0.2, 0.25) is 5.88 Å². The molecule has 0 aliphatic carbocycles. The molecule has 5 nitrogen and oxygen atoms in total. The molecule has 0 radical (unpaired) electrons. The maximum absolute atomic E-state index is 11.1. The fourth-order valence-electron chi connectivity index (χ4n) is 0.996. The van der Waals surface area contributed by atoms with Crippen LogP contribution in [0.4, 0.5) is 0 Å². The first-order chi connectivity index (χ1) is 6.69. The van der Waals surface area contributed by atoms with Crippen molar-refractivity contribution in [2.45, 2.75) is 13.5 Å². The molecule has 1 heterocycles. The molecule has 0 spiro atoms. The number of Topliss-reactive ketones (excluding diaryl/α,β-unsaturated/α-hetero) is 1. The molecular weight excluding hydrogens is 184 g/mol. The zero-order valence-corrected chi connectivity index (χ0v) is 8.40. The maximum atomic E-state index is 11.1. The molecule has 0 aromatic carbocycles. The predicted molar refractivity (Wildman–Crippen MR) is 49.3 cm³/mol. The van der Waals surface area contributed by atoms with E-state index in [9.17, 15) is 4.79 Å². The van der Waals surface area contributed by atoms with Crippen LogP contribution in [-0.4, -0.2) is 30.0 Å². The number of methoxy groups -OCH3 is 2. The van der Waals surface area contributed by atoms with Crippen molar-refractivity contribution >= 4 is 5.78 Å². The predicted octanol–water partition coefficient (Wildman–Crippen LogP) is 0.834. The van der Waals surface area contributed by atoms with Crippen LogP contribution < -0.4 is 4.74 Å². The lowest BCUT2D eigenvalue weighted by molar-refractivity contribution is 0.101. The SMILES string of the molecule is COCc1ncc(C(C)=O)c(OC)n1. The zero-order chi connectivity index (χ0) is 10.6. The smallest absolute Gasteiger partial charge is 0.227 e. The summed E-state index contributed by atoms with van der Waals surface area (Å²) in [5.74, 6) is 0.666. The van der Waals surface area contributed by atoms with Crippen LogP contribution in [0.15, 0.2) is 6.20 Å². The van der Waals surface area contributed by atoms with Gasteiger partial charge in [0.05, 0.1) is 12.7 Å². The Labute approximate surface area is 82.1 Å². The number of rotatable bonds is 4. The van der Waals surface area contributed by atoms with Crippen molar-refractivity contribution in [1.29, 1.82) is 0 Å². The quantitative estimate of drug-likeness (QED) is 0.667.